The zero-order valence-corrected chi connectivity index (χ0v) is 31.0. The minimum absolute atomic E-state index is 0.109. The zero-order valence-electron chi connectivity index (χ0n) is 31.0. The number of likely N-dealkylation sites (tertiary alicyclic amines) is 1. The minimum Gasteiger partial charge on any atom is -0.368 e. The van der Waals surface area contributed by atoms with Crippen LogP contribution in [-0.4, -0.2) is 103 Å². The molecule has 0 radical (unpaired) electrons. The molecule has 2 atom stereocenters. The molecule has 5 rings (SSSR count). The van der Waals surface area contributed by atoms with Gasteiger partial charge in [0.15, 0.2) is 0 Å². The lowest BCUT2D eigenvalue weighted by Gasteiger charge is -2.43. The number of unbranched alkanes of at least 4 members (excludes halogenated alkanes) is 2. The van der Waals surface area contributed by atoms with Gasteiger partial charge in [0, 0.05) is 25.3 Å². The molecule has 0 saturated carbocycles. The number of rotatable bonds is 19. The maximum Gasteiger partial charge on any atom is 0.250 e. The molecule has 3 aromatic carbocycles. The Balaban J connectivity index is 1.22. The second-order valence-electron chi connectivity index (χ2n) is 14.3. The monoisotopic (exact) mass is 741 g/mol. The highest BCUT2D eigenvalue weighted by atomic mass is 16.2. The maximum atomic E-state index is 14.4. The van der Waals surface area contributed by atoms with Gasteiger partial charge in [0.1, 0.15) is 24.2 Å². The molecule has 2 aliphatic heterocycles. The van der Waals surface area contributed by atoms with Crippen LogP contribution in [0.5, 0.6) is 0 Å². The van der Waals surface area contributed by atoms with Gasteiger partial charge in [-0.1, -0.05) is 60.7 Å². The van der Waals surface area contributed by atoms with Crippen molar-refractivity contribution in [3.63, 3.8) is 0 Å². The predicted octanol–water partition coefficient (Wildman–Crippen LogP) is 1.31. The first kappa shape index (κ1) is 40.1. The smallest absolute Gasteiger partial charge is 0.250 e. The van der Waals surface area contributed by atoms with Crippen LogP contribution in [-0.2, 0) is 30.5 Å². The summed E-state index contributed by atoms with van der Waals surface area (Å²) in [5.74, 6) is -2.39. The van der Waals surface area contributed by atoms with Crippen molar-refractivity contribution < 1.29 is 24.0 Å². The molecule has 0 aromatic heterocycles. The van der Waals surface area contributed by atoms with E-state index >= 15 is 0 Å². The summed E-state index contributed by atoms with van der Waals surface area (Å²) in [6.07, 6.45) is 4.32. The Kier molecular flexibility index (Phi) is 14.4. The SMILES string of the molecule is NCCCC[C@H](NC(=O)CNC(=O)[C@H](CCCCN)NC(=O)CN1CN(c2ccccc2)C2(CCN(Cc3cccc4ccccc34)CC2)C1=O)C(N)=O. The number of benzene rings is 3. The van der Waals surface area contributed by atoms with E-state index in [0.29, 0.717) is 77.5 Å². The number of fused-ring (bicyclic) bond motifs is 1. The van der Waals surface area contributed by atoms with Gasteiger partial charge in [-0.3, -0.25) is 28.9 Å². The van der Waals surface area contributed by atoms with E-state index in [-0.39, 0.29) is 19.1 Å². The molecule has 3 aromatic rings. The molecule has 2 saturated heterocycles. The van der Waals surface area contributed by atoms with Crippen molar-refractivity contribution in [2.45, 2.75) is 75.5 Å². The summed E-state index contributed by atoms with van der Waals surface area (Å²) in [6, 6.07) is 22.7. The van der Waals surface area contributed by atoms with Crippen molar-refractivity contribution in [1.29, 1.82) is 0 Å². The molecule has 2 aliphatic rings. The molecule has 9 N–H and O–H groups in total. The lowest BCUT2D eigenvalue weighted by Crippen LogP contribution is -2.56. The van der Waals surface area contributed by atoms with Gasteiger partial charge in [-0.05, 0) is 92.9 Å². The minimum atomic E-state index is -0.956. The lowest BCUT2D eigenvalue weighted by atomic mass is 9.85. The fourth-order valence-electron chi connectivity index (χ4n) is 7.56. The van der Waals surface area contributed by atoms with Crippen molar-refractivity contribution >= 4 is 46.0 Å². The second kappa shape index (κ2) is 19.3. The maximum absolute atomic E-state index is 14.4. The fraction of sp³-hybridized carbons (Fsp3) is 0.475. The summed E-state index contributed by atoms with van der Waals surface area (Å²) in [5.41, 5.74) is 18.0. The van der Waals surface area contributed by atoms with Gasteiger partial charge in [-0.2, -0.15) is 0 Å². The van der Waals surface area contributed by atoms with Crippen LogP contribution >= 0.6 is 0 Å². The number of nitrogens with two attached hydrogens (primary N) is 3. The number of nitrogens with zero attached hydrogens (tertiary/aromatic N) is 3. The third kappa shape index (κ3) is 10.1. The van der Waals surface area contributed by atoms with Crippen LogP contribution < -0.4 is 38.1 Å². The zero-order chi connectivity index (χ0) is 38.5. The van der Waals surface area contributed by atoms with Gasteiger partial charge in [0.25, 0.3) is 0 Å². The molecule has 0 unspecified atom stereocenters. The average molecular weight is 742 g/mol. The first-order valence-electron chi connectivity index (χ1n) is 19.0. The van der Waals surface area contributed by atoms with E-state index in [4.69, 9.17) is 17.2 Å². The molecule has 290 valence electrons. The summed E-state index contributed by atoms with van der Waals surface area (Å²) in [7, 11) is 0. The molecule has 14 nitrogen and oxygen atoms in total. The summed E-state index contributed by atoms with van der Waals surface area (Å²) < 4.78 is 0. The summed E-state index contributed by atoms with van der Waals surface area (Å²) >= 11 is 0. The number of hydrogen-bond donors (Lipinski definition) is 6. The molecule has 14 heteroatoms. The normalized spacial score (nSPS) is 16.7. The van der Waals surface area contributed by atoms with E-state index < -0.39 is 47.8 Å². The van der Waals surface area contributed by atoms with Crippen molar-refractivity contribution in [3.8, 4) is 0 Å². The standard InChI is InChI=1S/C40H55N9O5/c41-21-8-6-17-33(37(43)52)45-35(50)25-44-38(53)34(18-7-9-22-42)46-36(51)27-48-28-49(31-14-2-1-3-15-31)40(39(48)54)19-23-47(24-20-40)26-30-13-10-12-29-11-4-5-16-32(29)30/h1-5,10-16,33-34H,6-9,17-28,41-42H2,(H2,43,52)(H,44,53)(H,45,50)(H,46,51)/t33-,34-/m0/s1. The van der Waals surface area contributed by atoms with Gasteiger partial charge in [-0.15, -0.1) is 0 Å². The predicted molar refractivity (Wildman–Crippen MR) is 209 cm³/mol. The highest BCUT2D eigenvalue weighted by molar-refractivity contribution is 5.97. The van der Waals surface area contributed by atoms with E-state index in [9.17, 15) is 24.0 Å². The summed E-state index contributed by atoms with van der Waals surface area (Å²) in [4.78, 5) is 71.8. The molecule has 2 fully saturated rings. The van der Waals surface area contributed by atoms with Crippen molar-refractivity contribution in [3.05, 3.63) is 78.4 Å². The van der Waals surface area contributed by atoms with Gasteiger partial charge < -0.3 is 43.0 Å². The van der Waals surface area contributed by atoms with Gasteiger partial charge in [0.2, 0.25) is 29.5 Å². The number of amides is 5. The van der Waals surface area contributed by atoms with Gasteiger partial charge in [-0.25, -0.2) is 0 Å². The number of anilines is 1. The Morgan fingerprint density at radius 3 is 2.07 bits per heavy atom. The number of carbonyl (C=O) groups is 5. The summed E-state index contributed by atoms with van der Waals surface area (Å²) in [6.45, 7) is 2.67. The Bertz CT molecular complexity index is 1740. The van der Waals surface area contributed by atoms with E-state index in [1.807, 2.05) is 36.4 Å². The average Bonchev–Trinajstić information content (AvgIpc) is 3.43. The Hall–Kier alpha value is -5.05. The highest BCUT2D eigenvalue weighted by Crippen LogP contribution is 2.40. The highest BCUT2D eigenvalue weighted by Gasteiger charge is 2.54. The van der Waals surface area contributed by atoms with Crippen LogP contribution in [0.2, 0.25) is 0 Å². The third-order valence-electron chi connectivity index (χ3n) is 10.5. The third-order valence-corrected chi connectivity index (χ3v) is 10.5. The number of para-hydroxylation sites is 1. The van der Waals surface area contributed by atoms with Crippen LogP contribution in [0.4, 0.5) is 5.69 Å². The number of nitrogens with one attached hydrogen (secondary N) is 3. The van der Waals surface area contributed by atoms with E-state index in [1.54, 1.807) is 4.90 Å². The van der Waals surface area contributed by atoms with E-state index in [0.717, 1.165) is 12.2 Å². The number of piperidine rings is 1. The molecule has 2 heterocycles. The van der Waals surface area contributed by atoms with Crippen molar-refractivity contribution in [1.82, 2.24) is 25.8 Å². The Morgan fingerprint density at radius 1 is 0.759 bits per heavy atom. The number of carbonyl (C=O) groups excluding carboxylic acids is 5. The quantitative estimate of drug-likeness (QED) is 0.0978. The molecule has 5 amide bonds. The first-order chi connectivity index (χ1) is 26.1. The fourth-order valence-corrected chi connectivity index (χ4v) is 7.56. The summed E-state index contributed by atoms with van der Waals surface area (Å²) in [5, 5.41) is 10.4. The molecule has 0 aliphatic carbocycles. The second-order valence-corrected chi connectivity index (χ2v) is 14.3. The van der Waals surface area contributed by atoms with Crippen LogP contribution in [0.1, 0.15) is 56.9 Å². The number of primary amides is 1. The molecular weight excluding hydrogens is 686 g/mol. The van der Waals surface area contributed by atoms with Crippen LogP contribution in [0.25, 0.3) is 10.8 Å². The van der Waals surface area contributed by atoms with Gasteiger partial charge >= 0.3 is 0 Å². The topological polar surface area (TPSA) is 209 Å². The van der Waals surface area contributed by atoms with E-state index in [2.05, 4.69) is 62.1 Å². The molecular formula is C40H55N9O5. The van der Waals surface area contributed by atoms with Gasteiger partial charge in [0.05, 0.1) is 13.2 Å². The molecule has 0 bridgehead atoms. The van der Waals surface area contributed by atoms with E-state index in [1.165, 1.54) is 16.3 Å². The van der Waals surface area contributed by atoms with Crippen LogP contribution in [0, 0.1) is 0 Å². The Morgan fingerprint density at radius 2 is 1.39 bits per heavy atom. The van der Waals surface area contributed by atoms with Crippen molar-refractivity contribution in [2.24, 2.45) is 17.2 Å². The molecule has 1 spiro atoms. The lowest BCUT2D eigenvalue weighted by molar-refractivity contribution is -0.138. The largest absolute Gasteiger partial charge is 0.368 e. The molecule has 54 heavy (non-hydrogen) atoms. The first-order valence-corrected chi connectivity index (χ1v) is 19.0. The van der Waals surface area contributed by atoms with Crippen molar-refractivity contribution in [2.75, 3.05) is 50.8 Å². The Labute approximate surface area is 317 Å². The van der Waals surface area contributed by atoms with Crippen LogP contribution in [0.3, 0.4) is 0 Å². The van der Waals surface area contributed by atoms with Crippen LogP contribution in [0.15, 0.2) is 72.8 Å². The number of hydrogen-bond acceptors (Lipinski definition) is 9.